The number of carboxylic acid groups (broad SMARTS) is 3. The Balaban J connectivity index is 0.00000169. The van der Waals surface area contributed by atoms with Crippen molar-refractivity contribution in [1.29, 1.82) is 0 Å². The molecular formula is C88H126N2O38. The van der Waals surface area contributed by atoms with Gasteiger partial charge >= 0.3 is 83.6 Å². The van der Waals surface area contributed by atoms with Crippen molar-refractivity contribution in [3.63, 3.8) is 0 Å². The third kappa shape index (κ3) is 45.6. The number of aliphatic hydroxyl groups excluding tert-OH is 2. The van der Waals surface area contributed by atoms with Crippen LogP contribution in [0, 0.1) is 82.9 Å². The van der Waals surface area contributed by atoms with Gasteiger partial charge in [0.25, 0.3) is 23.6 Å². The number of aliphatic hydroxyl groups is 2. The fraction of sp³-hybridized carbons (Fsp3) is 0.591. The SMILES string of the molecule is C.CC(C)C(C(=O)O)C(=O)OCCOCCOC(=O)C(C(=O)O)C(C)C.CC(C)C(C(=O)O)C(=O)OCc1ccccc1.CC(C)C(C(=O)OCCOCCOC(=O)C(C(=O)OCc1ccccc1)C(C)C)C(=O)OCc1ccccc1.CC(C)C(C(=O)OCCOCCOC(=O)C(C(=O)ON1C(=O)CCC1=O)C(C)C)C(=O)ON1C(=O)CCC1=O.OCCOCCO. The van der Waals surface area contributed by atoms with Crippen molar-refractivity contribution in [1.82, 2.24) is 10.1 Å². The van der Waals surface area contributed by atoms with E-state index < -0.39 is 172 Å². The zero-order chi connectivity index (χ0) is 95.8. The number of amides is 4. The van der Waals surface area contributed by atoms with E-state index in [1.807, 2.05) is 91.0 Å². The number of benzene rings is 3. The first-order chi connectivity index (χ1) is 60.1. The van der Waals surface area contributed by atoms with E-state index in [0.29, 0.717) is 23.3 Å². The Hall–Kier alpha value is -11.7. The van der Waals surface area contributed by atoms with Crippen LogP contribution in [0.3, 0.4) is 0 Å². The van der Waals surface area contributed by atoms with Gasteiger partial charge in [0.1, 0.15) is 59.5 Å². The lowest BCUT2D eigenvalue weighted by Gasteiger charge is -2.21. The predicted molar refractivity (Wildman–Crippen MR) is 444 cm³/mol. The zero-order valence-electron chi connectivity index (χ0n) is 74.1. The van der Waals surface area contributed by atoms with Gasteiger partial charge in [-0.05, 0) is 58.1 Å². The number of carbonyl (C=O) groups is 18. The Morgan fingerprint density at radius 3 is 0.617 bits per heavy atom. The predicted octanol–water partition coefficient (Wildman–Crippen LogP) is 6.48. The highest BCUT2D eigenvalue weighted by Crippen LogP contribution is 2.24. The molecule has 0 aromatic heterocycles. The van der Waals surface area contributed by atoms with Crippen LogP contribution in [-0.4, -0.2) is 249 Å². The van der Waals surface area contributed by atoms with E-state index in [-0.39, 0.29) is 163 Å². The molecule has 2 aliphatic heterocycles. The first-order valence-electron chi connectivity index (χ1n) is 41.1. The van der Waals surface area contributed by atoms with Gasteiger partial charge in [0, 0.05) is 25.7 Å². The monoisotopic (exact) mass is 1820 g/mol. The summed E-state index contributed by atoms with van der Waals surface area (Å²) in [4.78, 5) is 223. The fourth-order valence-corrected chi connectivity index (χ4v) is 10.9. The maximum absolute atomic E-state index is 12.5. The molecule has 0 spiro atoms. The summed E-state index contributed by atoms with van der Waals surface area (Å²) in [7, 11) is 0. The highest BCUT2D eigenvalue weighted by Gasteiger charge is 2.43. The second kappa shape index (κ2) is 64.9. The fourth-order valence-electron chi connectivity index (χ4n) is 10.9. The number of hydrogen-bond donors (Lipinski definition) is 5. The number of hydroxylamine groups is 4. The van der Waals surface area contributed by atoms with Crippen molar-refractivity contribution in [2.24, 2.45) is 82.9 Å². The summed E-state index contributed by atoms with van der Waals surface area (Å²) in [5.41, 5.74) is 2.48. The summed E-state index contributed by atoms with van der Waals surface area (Å²) < 4.78 is 66.0. The Morgan fingerprint density at radius 2 is 0.430 bits per heavy atom. The molecule has 4 amide bonds. The Kier molecular flexibility index (Phi) is 59.0. The number of carbonyl (C=O) groups excluding carboxylic acids is 15. The molecule has 0 aliphatic carbocycles. The highest BCUT2D eigenvalue weighted by atomic mass is 16.7. The number of rotatable bonds is 51. The number of aliphatic carboxylic acids is 3. The zero-order valence-corrected chi connectivity index (χ0v) is 74.1. The molecule has 7 unspecified atom stereocenters. The Morgan fingerprint density at radius 1 is 0.258 bits per heavy atom. The van der Waals surface area contributed by atoms with Crippen LogP contribution in [0.2, 0.25) is 0 Å². The lowest BCUT2D eigenvalue weighted by molar-refractivity contribution is -0.204. The summed E-state index contributed by atoms with van der Waals surface area (Å²) in [6, 6.07) is 27.5. The lowest BCUT2D eigenvalue weighted by atomic mass is 9.96. The van der Waals surface area contributed by atoms with Gasteiger partial charge in [0.15, 0.2) is 41.4 Å². The summed E-state index contributed by atoms with van der Waals surface area (Å²) in [6.45, 7) is 22.8. The van der Waals surface area contributed by atoms with Gasteiger partial charge < -0.3 is 96.8 Å². The van der Waals surface area contributed by atoms with Gasteiger partial charge in [-0.3, -0.25) is 76.7 Å². The molecule has 5 N–H and O–H groups in total. The molecule has 2 heterocycles. The molecule has 40 heteroatoms. The lowest BCUT2D eigenvalue weighted by Crippen LogP contribution is -2.39. The normalized spacial score (nSPS) is 13.7. The van der Waals surface area contributed by atoms with Gasteiger partial charge in [-0.1, -0.05) is 195 Å². The van der Waals surface area contributed by atoms with Crippen LogP contribution in [0.25, 0.3) is 0 Å². The smallest absolute Gasteiger partial charge is 0.347 e. The molecule has 2 aliphatic rings. The highest BCUT2D eigenvalue weighted by molar-refractivity contribution is 6.04. The molecule has 2 fully saturated rings. The van der Waals surface area contributed by atoms with Gasteiger partial charge in [-0.2, -0.15) is 0 Å². The first kappa shape index (κ1) is 116. The second-order valence-corrected chi connectivity index (χ2v) is 30.2. The van der Waals surface area contributed by atoms with Gasteiger partial charge in [-0.25, -0.2) is 9.59 Å². The summed E-state index contributed by atoms with van der Waals surface area (Å²) in [5.74, 6) is -26.6. The second-order valence-electron chi connectivity index (χ2n) is 30.2. The molecule has 3 aromatic rings. The number of imide groups is 2. The minimum Gasteiger partial charge on any atom is -0.481 e. The maximum atomic E-state index is 12.5. The minimum absolute atomic E-state index is 0. The molecule has 3 aromatic carbocycles. The molecule has 40 nitrogen and oxygen atoms in total. The van der Waals surface area contributed by atoms with Crippen LogP contribution in [0.1, 0.15) is 147 Å². The molecule has 5 rings (SSSR count). The molecular weight excluding hydrogens is 1690 g/mol. The maximum Gasteiger partial charge on any atom is 0.347 e. The molecule has 2 saturated heterocycles. The van der Waals surface area contributed by atoms with Crippen LogP contribution < -0.4 is 0 Å². The molecule has 0 radical (unpaired) electrons. The summed E-state index contributed by atoms with van der Waals surface area (Å²) in [6.07, 6.45) is -0.340. The molecule has 0 saturated carbocycles. The number of hydrogen-bond acceptors (Lipinski definition) is 35. The summed E-state index contributed by atoms with van der Waals surface area (Å²) >= 11 is 0. The van der Waals surface area contributed by atoms with Crippen LogP contribution >= 0.6 is 0 Å². The quantitative estimate of drug-likeness (QED) is 0.0133. The Bertz CT molecular complexity index is 3700. The van der Waals surface area contributed by atoms with E-state index in [9.17, 15) is 86.3 Å². The van der Waals surface area contributed by atoms with E-state index in [1.165, 1.54) is 0 Å². The van der Waals surface area contributed by atoms with E-state index >= 15 is 0 Å². The van der Waals surface area contributed by atoms with Crippen molar-refractivity contribution in [2.45, 2.75) is 150 Å². The third-order valence-electron chi connectivity index (χ3n) is 17.6. The van der Waals surface area contributed by atoms with Crippen molar-refractivity contribution in [3.05, 3.63) is 108 Å². The van der Waals surface area contributed by atoms with Crippen molar-refractivity contribution in [3.8, 4) is 0 Å². The Labute approximate surface area is 743 Å². The average Bonchev–Trinajstić information content (AvgIpc) is 1.76. The van der Waals surface area contributed by atoms with E-state index in [0.717, 1.165) is 16.7 Å². The molecule has 0 bridgehead atoms. The van der Waals surface area contributed by atoms with E-state index in [2.05, 4.69) is 4.74 Å². The molecule has 128 heavy (non-hydrogen) atoms. The average molecular weight is 1820 g/mol. The van der Waals surface area contributed by atoms with E-state index in [4.69, 9.17) is 92.1 Å². The van der Waals surface area contributed by atoms with E-state index in [1.54, 1.807) is 96.9 Å². The van der Waals surface area contributed by atoms with Gasteiger partial charge in [0.05, 0.1) is 66.1 Å². The number of nitrogens with zero attached hydrogens (tertiary/aromatic N) is 2. The van der Waals surface area contributed by atoms with Crippen molar-refractivity contribution < 1.29 is 183 Å². The summed E-state index contributed by atoms with van der Waals surface area (Å²) in [5, 5.41) is 43.7. The number of carboxylic acids is 3. The topological polar surface area (TPSA) is 553 Å². The first-order valence-corrected chi connectivity index (χ1v) is 41.1. The molecule has 716 valence electrons. The number of ether oxygens (including phenoxy) is 13. The van der Waals surface area contributed by atoms with Crippen molar-refractivity contribution >= 4 is 107 Å². The standard InChI is InChI=1S/C30H38O9.C24H32N2O13.C16H26O9.C13H16O4.C4H10O3.CH4/c1-21(2)25(29(33)38-19-23-11-7-5-8-12-23)27(31)36-17-15-35-16-18-37-28(32)26(22(3)4)30(34)39-20-24-13-9-6-10-14-24;1-13(2)19(23(33)38-25-15(27)5-6-16(25)28)21(31)36-11-9-35-10-12-37-22(32)20(14(3)4)24(34)39-26-17(29)7-8-18(26)30;1-9(2)11(13(17)18)15(21)24-7-5-23-6-8-25-16(22)12(10(3)4)14(19)20;1-9(2)11(12(14)15)13(16)17-8-10-6-4-3-5-7-10;5-1-3-7-4-2-6;/h5-14,21-22,25-26H,15-20H2,1-4H3;13-14,19-20H,5-12H2,1-4H3;9-12H,5-8H2,1-4H3,(H,17,18)(H,19,20);3-7,9,11H,8H2,1-2H3,(H,14,15);5-6H,1-4H2;1H4. The largest absolute Gasteiger partial charge is 0.481 e. The van der Waals surface area contributed by atoms with Gasteiger partial charge in [0.2, 0.25) is 0 Å². The van der Waals surface area contributed by atoms with Crippen molar-refractivity contribution in [2.75, 3.05) is 106 Å². The third-order valence-corrected chi connectivity index (χ3v) is 17.6. The van der Waals surface area contributed by atoms with Crippen LogP contribution in [-0.2, 0) is 177 Å². The molecule has 7 atom stereocenters. The van der Waals surface area contributed by atoms with Crippen LogP contribution in [0.4, 0.5) is 0 Å². The van der Waals surface area contributed by atoms with Crippen LogP contribution in [0.15, 0.2) is 91.0 Å². The minimum atomic E-state index is -1.38. The van der Waals surface area contributed by atoms with Gasteiger partial charge in [-0.15, -0.1) is 10.1 Å². The number of esters is 9. The van der Waals surface area contributed by atoms with Crippen LogP contribution in [0.5, 0.6) is 0 Å².